The number of anilines is 2. The number of aromatic nitrogens is 1. The van der Waals surface area contributed by atoms with Gasteiger partial charge in [-0.05, 0) is 18.9 Å². The zero-order valence-electron chi connectivity index (χ0n) is 12.1. The minimum absolute atomic E-state index is 0.0408. The number of halogens is 2. The Morgan fingerprint density at radius 1 is 1.43 bits per heavy atom. The monoisotopic (exact) mass is 342 g/mol. The fraction of sp³-hybridized carbons (Fsp3) is 0.429. The van der Waals surface area contributed by atoms with E-state index in [1.807, 2.05) is 4.90 Å². The van der Waals surface area contributed by atoms with Crippen molar-refractivity contribution in [2.75, 3.05) is 23.7 Å². The molecule has 0 bridgehead atoms. The van der Waals surface area contributed by atoms with Crippen molar-refractivity contribution in [2.24, 2.45) is 5.73 Å². The highest BCUT2D eigenvalue weighted by Crippen LogP contribution is 2.40. The highest BCUT2D eigenvalue weighted by atomic mass is 32.1. The van der Waals surface area contributed by atoms with Crippen molar-refractivity contribution in [1.82, 2.24) is 4.98 Å². The van der Waals surface area contributed by atoms with Crippen LogP contribution in [0.4, 0.5) is 20.3 Å². The van der Waals surface area contributed by atoms with Crippen molar-refractivity contribution in [3.8, 4) is 0 Å². The van der Waals surface area contributed by atoms with Gasteiger partial charge in [-0.25, -0.2) is 13.8 Å². The van der Waals surface area contributed by atoms with Gasteiger partial charge >= 0.3 is 0 Å². The molecule has 0 spiro atoms. The van der Waals surface area contributed by atoms with E-state index in [2.05, 4.69) is 4.98 Å². The molecule has 0 atom stereocenters. The van der Waals surface area contributed by atoms with E-state index in [1.165, 1.54) is 6.07 Å². The van der Waals surface area contributed by atoms with E-state index in [4.69, 9.17) is 11.5 Å². The van der Waals surface area contributed by atoms with E-state index in [9.17, 15) is 18.7 Å². The predicted molar refractivity (Wildman–Crippen MR) is 85.0 cm³/mol. The molecule has 124 valence electrons. The second kappa shape index (κ2) is 5.89. The third-order valence-electron chi connectivity index (χ3n) is 3.96. The molecule has 2 aromatic heterocycles. The number of thiophene rings is 1. The predicted octanol–water partition coefficient (Wildman–Crippen LogP) is 1.88. The van der Waals surface area contributed by atoms with Crippen LogP contribution in [-0.4, -0.2) is 35.2 Å². The summed E-state index contributed by atoms with van der Waals surface area (Å²) in [4.78, 5) is 17.9. The zero-order valence-corrected chi connectivity index (χ0v) is 12.9. The second-order valence-corrected chi connectivity index (χ2v) is 6.48. The molecule has 23 heavy (non-hydrogen) atoms. The maximum Gasteiger partial charge on any atom is 0.264 e. The smallest absolute Gasteiger partial charge is 0.264 e. The van der Waals surface area contributed by atoms with Crippen molar-refractivity contribution in [3.63, 3.8) is 0 Å². The summed E-state index contributed by atoms with van der Waals surface area (Å²) in [6, 6.07) is 1.30. The van der Waals surface area contributed by atoms with E-state index in [-0.39, 0.29) is 32.4 Å². The lowest BCUT2D eigenvalue weighted by Gasteiger charge is -2.30. The molecule has 1 amide bonds. The molecule has 9 heteroatoms. The Kier molecular flexibility index (Phi) is 4.07. The summed E-state index contributed by atoms with van der Waals surface area (Å²) in [5, 5.41) is 9.65. The number of nitrogen functional groups attached to an aromatic ring is 1. The first-order chi connectivity index (χ1) is 10.9. The van der Waals surface area contributed by atoms with Gasteiger partial charge in [0.25, 0.3) is 12.3 Å². The molecule has 2 aromatic rings. The number of hydrogen-bond acceptors (Lipinski definition) is 6. The van der Waals surface area contributed by atoms with E-state index in [0.29, 0.717) is 31.7 Å². The maximum absolute atomic E-state index is 13.4. The molecule has 5 N–H and O–H groups in total. The Bertz CT molecular complexity index is 757. The summed E-state index contributed by atoms with van der Waals surface area (Å²) in [6.45, 7) is 1.07. The molecular formula is C14H16F2N4O2S. The van der Waals surface area contributed by atoms with Gasteiger partial charge in [0.2, 0.25) is 0 Å². The summed E-state index contributed by atoms with van der Waals surface area (Å²) in [7, 11) is 0. The van der Waals surface area contributed by atoms with Gasteiger partial charge in [0.1, 0.15) is 15.5 Å². The number of nitrogens with zero attached hydrogens (tertiary/aromatic N) is 2. The van der Waals surface area contributed by atoms with Crippen LogP contribution in [0.5, 0.6) is 0 Å². The fourth-order valence-corrected chi connectivity index (χ4v) is 3.72. The van der Waals surface area contributed by atoms with Crippen molar-refractivity contribution in [2.45, 2.75) is 25.4 Å². The molecule has 0 unspecified atom stereocenters. The SMILES string of the molecule is NC(=O)c1sc2nc(N3CCC(O)CC3)cc(C(F)F)c2c1N. The number of primary amides is 1. The standard InChI is InChI=1S/C14H16F2N4O2S/c15-12(16)7-5-8(20-3-1-6(21)2-4-20)19-14-9(7)10(17)11(23-14)13(18)22/h5-6,12,21H,1-4,17H2,(H2,18,22). The van der Waals surface area contributed by atoms with Crippen LogP contribution in [0.1, 0.15) is 34.5 Å². The number of aliphatic hydroxyl groups excluding tert-OH is 1. The van der Waals surface area contributed by atoms with Crippen molar-refractivity contribution in [1.29, 1.82) is 0 Å². The molecule has 1 aliphatic rings. The number of carbonyl (C=O) groups is 1. The highest BCUT2D eigenvalue weighted by Gasteiger charge is 2.25. The molecule has 3 rings (SSSR count). The fourth-order valence-electron chi connectivity index (χ4n) is 2.75. The number of piperidine rings is 1. The summed E-state index contributed by atoms with van der Waals surface area (Å²) in [5.74, 6) is -0.356. The lowest BCUT2D eigenvalue weighted by Crippen LogP contribution is -2.36. The first kappa shape index (κ1) is 15.9. The van der Waals surface area contributed by atoms with Gasteiger partial charge < -0.3 is 21.5 Å². The lowest BCUT2D eigenvalue weighted by atomic mass is 10.1. The number of alkyl halides is 2. The van der Waals surface area contributed by atoms with Crippen LogP contribution in [0.25, 0.3) is 10.2 Å². The van der Waals surface area contributed by atoms with Crippen molar-refractivity contribution < 1.29 is 18.7 Å². The van der Waals surface area contributed by atoms with E-state index < -0.39 is 12.3 Å². The third kappa shape index (κ3) is 2.81. The van der Waals surface area contributed by atoms with Gasteiger partial charge in [-0.3, -0.25) is 4.79 Å². The van der Waals surface area contributed by atoms with Crippen LogP contribution < -0.4 is 16.4 Å². The molecule has 1 saturated heterocycles. The van der Waals surface area contributed by atoms with Crippen LogP contribution >= 0.6 is 11.3 Å². The van der Waals surface area contributed by atoms with E-state index >= 15 is 0 Å². The molecule has 0 aliphatic carbocycles. The average Bonchev–Trinajstić information content (AvgIpc) is 2.84. The molecule has 0 saturated carbocycles. The van der Waals surface area contributed by atoms with Gasteiger partial charge in [0, 0.05) is 24.0 Å². The summed E-state index contributed by atoms with van der Waals surface area (Å²) in [6.07, 6.45) is -2.00. The van der Waals surface area contributed by atoms with Crippen LogP contribution in [0, 0.1) is 0 Å². The summed E-state index contributed by atoms with van der Waals surface area (Å²) in [5.41, 5.74) is 10.8. The van der Waals surface area contributed by atoms with Crippen LogP contribution in [0.15, 0.2) is 6.07 Å². The van der Waals surface area contributed by atoms with Gasteiger partial charge in [-0.2, -0.15) is 0 Å². The quantitative estimate of drug-likeness (QED) is 0.790. The number of fused-ring (bicyclic) bond motifs is 1. The Labute approximate surface area is 134 Å². The number of pyridine rings is 1. The zero-order chi connectivity index (χ0) is 16.7. The minimum Gasteiger partial charge on any atom is -0.397 e. The van der Waals surface area contributed by atoms with E-state index in [1.54, 1.807) is 0 Å². The molecule has 0 aromatic carbocycles. The number of aliphatic hydroxyl groups is 1. The Morgan fingerprint density at radius 3 is 2.65 bits per heavy atom. The number of rotatable bonds is 3. The normalized spacial score (nSPS) is 16.4. The summed E-state index contributed by atoms with van der Waals surface area (Å²) >= 11 is 0.922. The molecule has 3 heterocycles. The first-order valence-corrected chi connectivity index (χ1v) is 7.94. The van der Waals surface area contributed by atoms with Crippen molar-refractivity contribution in [3.05, 3.63) is 16.5 Å². The highest BCUT2D eigenvalue weighted by molar-refractivity contribution is 7.21. The number of hydrogen-bond donors (Lipinski definition) is 3. The maximum atomic E-state index is 13.4. The van der Waals surface area contributed by atoms with E-state index in [0.717, 1.165) is 11.3 Å². The summed E-state index contributed by atoms with van der Waals surface area (Å²) < 4.78 is 26.9. The molecule has 1 fully saturated rings. The average molecular weight is 342 g/mol. The van der Waals surface area contributed by atoms with Crippen molar-refractivity contribution >= 4 is 39.0 Å². The number of carbonyl (C=O) groups excluding carboxylic acids is 1. The van der Waals surface area contributed by atoms with Crippen LogP contribution in [0.3, 0.4) is 0 Å². The minimum atomic E-state index is -2.74. The third-order valence-corrected chi connectivity index (χ3v) is 5.08. The Hall–Kier alpha value is -2.00. The lowest BCUT2D eigenvalue weighted by molar-refractivity contribution is 0.100. The van der Waals surface area contributed by atoms with Gasteiger partial charge in [-0.1, -0.05) is 0 Å². The number of amides is 1. The molecule has 1 aliphatic heterocycles. The van der Waals surface area contributed by atoms with Gasteiger partial charge in [0.05, 0.1) is 11.8 Å². The van der Waals surface area contributed by atoms with Gasteiger partial charge in [0.15, 0.2) is 0 Å². The second-order valence-electron chi connectivity index (χ2n) is 5.48. The van der Waals surface area contributed by atoms with Crippen LogP contribution in [0.2, 0.25) is 0 Å². The van der Waals surface area contributed by atoms with Crippen LogP contribution in [-0.2, 0) is 0 Å². The topological polar surface area (TPSA) is 105 Å². The Balaban J connectivity index is 2.13. The Morgan fingerprint density at radius 2 is 2.09 bits per heavy atom. The largest absolute Gasteiger partial charge is 0.397 e. The number of nitrogens with two attached hydrogens (primary N) is 2. The molecule has 0 radical (unpaired) electrons. The first-order valence-electron chi connectivity index (χ1n) is 7.12. The molecule has 6 nitrogen and oxygen atoms in total. The molecular weight excluding hydrogens is 326 g/mol. The van der Waals surface area contributed by atoms with Gasteiger partial charge in [-0.15, -0.1) is 11.3 Å².